The quantitative estimate of drug-likeness (QED) is 0.914. The van der Waals surface area contributed by atoms with E-state index < -0.39 is 5.97 Å². The lowest BCUT2D eigenvalue weighted by atomic mass is 9.97. The van der Waals surface area contributed by atoms with Crippen molar-refractivity contribution < 1.29 is 9.90 Å². The van der Waals surface area contributed by atoms with Gasteiger partial charge in [-0.2, -0.15) is 0 Å². The SMILES string of the molecule is CCc1nc(C)c(CC)c(N2CCCC(C(=O)O)C2)n1. The zero-order chi connectivity index (χ0) is 14.7. The molecule has 0 amide bonds. The number of aliphatic carboxylic acids is 1. The summed E-state index contributed by atoms with van der Waals surface area (Å²) in [6.45, 7) is 7.60. The van der Waals surface area contributed by atoms with E-state index in [0.29, 0.717) is 6.54 Å². The van der Waals surface area contributed by atoms with E-state index in [2.05, 4.69) is 21.8 Å². The van der Waals surface area contributed by atoms with Gasteiger partial charge in [0.1, 0.15) is 11.6 Å². The van der Waals surface area contributed by atoms with E-state index in [1.165, 1.54) is 0 Å². The number of hydrogen-bond donors (Lipinski definition) is 1. The third kappa shape index (κ3) is 2.92. The molecule has 1 aromatic rings. The van der Waals surface area contributed by atoms with Gasteiger partial charge in [0.15, 0.2) is 0 Å². The van der Waals surface area contributed by atoms with Crippen LogP contribution in [0.3, 0.4) is 0 Å². The number of carbonyl (C=O) groups is 1. The van der Waals surface area contributed by atoms with Gasteiger partial charge in [0.25, 0.3) is 0 Å². The summed E-state index contributed by atoms with van der Waals surface area (Å²) in [6, 6.07) is 0. The van der Waals surface area contributed by atoms with Crippen molar-refractivity contribution in [2.45, 2.75) is 46.5 Å². The number of aromatic nitrogens is 2. The first-order valence-electron chi connectivity index (χ1n) is 7.40. The highest BCUT2D eigenvalue weighted by Crippen LogP contribution is 2.27. The molecule has 5 heteroatoms. The smallest absolute Gasteiger partial charge is 0.308 e. The molecule has 2 rings (SSSR count). The van der Waals surface area contributed by atoms with Gasteiger partial charge in [0, 0.05) is 30.8 Å². The molecule has 1 aliphatic rings. The molecule has 0 spiro atoms. The lowest BCUT2D eigenvalue weighted by Crippen LogP contribution is -2.40. The van der Waals surface area contributed by atoms with Crippen LogP contribution in [0.15, 0.2) is 0 Å². The molecule has 0 aliphatic carbocycles. The van der Waals surface area contributed by atoms with Crippen LogP contribution in [-0.4, -0.2) is 34.1 Å². The minimum absolute atomic E-state index is 0.284. The summed E-state index contributed by atoms with van der Waals surface area (Å²) >= 11 is 0. The van der Waals surface area contributed by atoms with E-state index in [9.17, 15) is 9.90 Å². The fraction of sp³-hybridized carbons (Fsp3) is 0.667. The average Bonchev–Trinajstić information content (AvgIpc) is 2.46. The number of anilines is 1. The maximum absolute atomic E-state index is 11.2. The molecule has 110 valence electrons. The van der Waals surface area contributed by atoms with Crippen molar-refractivity contribution in [1.82, 2.24) is 9.97 Å². The largest absolute Gasteiger partial charge is 0.481 e. The van der Waals surface area contributed by atoms with Gasteiger partial charge in [-0.3, -0.25) is 4.79 Å². The van der Waals surface area contributed by atoms with Gasteiger partial charge in [-0.15, -0.1) is 0 Å². The first-order chi connectivity index (χ1) is 9.56. The van der Waals surface area contributed by atoms with Crippen molar-refractivity contribution in [2.75, 3.05) is 18.0 Å². The Labute approximate surface area is 120 Å². The van der Waals surface area contributed by atoms with Gasteiger partial charge < -0.3 is 10.0 Å². The molecule has 1 aliphatic heterocycles. The van der Waals surface area contributed by atoms with Crippen LogP contribution in [0.5, 0.6) is 0 Å². The molecule has 0 aromatic carbocycles. The Kier molecular flexibility index (Phi) is 4.57. The number of hydrogen-bond acceptors (Lipinski definition) is 4. The Bertz CT molecular complexity index is 502. The van der Waals surface area contributed by atoms with Crippen LogP contribution < -0.4 is 4.90 Å². The van der Waals surface area contributed by atoms with Gasteiger partial charge in [-0.25, -0.2) is 9.97 Å². The lowest BCUT2D eigenvalue weighted by Gasteiger charge is -2.33. The normalized spacial score (nSPS) is 19.1. The topological polar surface area (TPSA) is 66.3 Å². The van der Waals surface area contributed by atoms with Crippen molar-refractivity contribution in [2.24, 2.45) is 5.92 Å². The molecule has 1 N–H and O–H groups in total. The second kappa shape index (κ2) is 6.20. The van der Waals surface area contributed by atoms with Gasteiger partial charge in [0.2, 0.25) is 0 Å². The molecule has 0 saturated carbocycles. The zero-order valence-electron chi connectivity index (χ0n) is 12.5. The Morgan fingerprint density at radius 3 is 2.70 bits per heavy atom. The third-order valence-electron chi connectivity index (χ3n) is 3.98. The molecule has 1 aromatic heterocycles. The van der Waals surface area contributed by atoms with Crippen LogP contribution in [0, 0.1) is 12.8 Å². The van der Waals surface area contributed by atoms with Gasteiger partial charge in [-0.05, 0) is 26.2 Å². The first kappa shape index (κ1) is 14.8. The minimum Gasteiger partial charge on any atom is -0.481 e. The molecule has 1 atom stereocenters. The van der Waals surface area contributed by atoms with Crippen molar-refractivity contribution in [3.63, 3.8) is 0 Å². The van der Waals surface area contributed by atoms with E-state index in [-0.39, 0.29) is 5.92 Å². The molecule has 5 nitrogen and oxygen atoms in total. The average molecular weight is 277 g/mol. The number of carboxylic acid groups (broad SMARTS) is 1. The fourth-order valence-corrected chi connectivity index (χ4v) is 2.84. The zero-order valence-corrected chi connectivity index (χ0v) is 12.5. The highest BCUT2D eigenvalue weighted by Gasteiger charge is 2.27. The molecule has 20 heavy (non-hydrogen) atoms. The third-order valence-corrected chi connectivity index (χ3v) is 3.98. The summed E-state index contributed by atoms with van der Waals surface area (Å²) in [5.41, 5.74) is 2.17. The van der Waals surface area contributed by atoms with E-state index in [1.807, 2.05) is 13.8 Å². The lowest BCUT2D eigenvalue weighted by molar-refractivity contribution is -0.141. The first-order valence-corrected chi connectivity index (χ1v) is 7.40. The van der Waals surface area contributed by atoms with E-state index in [0.717, 1.165) is 55.1 Å². The van der Waals surface area contributed by atoms with Crippen LogP contribution >= 0.6 is 0 Å². The maximum atomic E-state index is 11.2. The number of carboxylic acids is 1. The maximum Gasteiger partial charge on any atom is 0.308 e. The molecule has 0 radical (unpaired) electrons. The van der Waals surface area contributed by atoms with Crippen molar-refractivity contribution in [3.05, 3.63) is 17.1 Å². The van der Waals surface area contributed by atoms with Gasteiger partial charge >= 0.3 is 5.97 Å². The predicted molar refractivity (Wildman–Crippen MR) is 78.1 cm³/mol. The molecule has 1 saturated heterocycles. The second-order valence-electron chi connectivity index (χ2n) is 5.36. The molecular weight excluding hydrogens is 254 g/mol. The number of nitrogens with zero attached hydrogens (tertiary/aromatic N) is 3. The summed E-state index contributed by atoms with van der Waals surface area (Å²) in [5.74, 6) is 0.804. The Balaban J connectivity index is 2.35. The Hall–Kier alpha value is -1.65. The van der Waals surface area contributed by atoms with E-state index >= 15 is 0 Å². The van der Waals surface area contributed by atoms with Crippen molar-refractivity contribution >= 4 is 11.8 Å². The van der Waals surface area contributed by atoms with Crippen LogP contribution in [0.25, 0.3) is 0 Å². The minimum atomic E-state index is -0.700. The molecule has 1 fully saturated rings. The molecule has 1 unspecified atom stereocenters. The summed E-state index contributed by atoms with van der Waals surface area (Å²) in [4.78, 5) is 22.5. The standard InChI is InChI=1S/C15H23N3O2/c1-4-12-10(3)16-13(5-2)17-14(12)18-8-6-7-11(9-18)15(19)20/h11H,4-9H2,1-3H3,(H,19,20). The monoisotopic (exact) mass is 277 g/mol. The van der Waals surface area contributed by atoms with Crippen LogP contribution in [-0.2, 0) is 17.6 Å². The predicted octanol–water partition coefficient (Wildman–Crippen LogP) is 2.21. The van der Waals surface area contributed by atoms with Gasteiger partial charge in [0.05, 0.1) is 5.92 Å². The summed E-state index contributed by atoms with van der Waals surface area (Å²) in [7, 11) is 0. The van der Waals surface area contributed by atoms with E-state index in [1.54, 1.807) is 0 Å². The molecule has 2 heterocycles. The Morgan fingerprint density at radius 1 is 1.35 bits per heavy atom. The summed E-state index contributed by atoms with van der Waals surface area (Å²) < 4.78 is 0. The van der Waals surface area contributed by atoms with Crippen molar-refractivity contribution in [1.29, 1.82) is 0 Å². The number of rotatable bonds is 4. The highest BCUT2D eigenvalue weighted by atomic mass is 16.4. The molecule has 0 bridgehead atoms. The highest BCUT2D eigenvalue weighted by molar-refractivity contribution is 5.71. The summed E-state index contributed by atoms with van der Waals surface area (Å²) in [5, 5.41) is 9.23. The van der Waals surface area contributed by atoms with E-state index in [4.69, 9.17) is 0 Å². The van der Waals surface area contributed by atoms with Crippen LogP contribution in [0.2, 0.25) is 0 Å². The van der Waals surface area contributed by atoms with Crippen molar-refractivity contribution in [3.8, 4) is 0 Å². The summed E-state index contributed by atoms with van der Waals surface area (Å²) in [6.07, 6.45) is 3.34. The fourth-order valence-electron chi connectivity index (χ4n) is 2.84. The van der Waals surface area contributed by atoms with Crippen LogP contribution in [0.4, 0.5) is 5.82 Å². The molecular formula is C15H23N3O2. The second-order valence-corrected chi connectivity index (χ2v) is 5.36. The van der Waals surface area contributed by atoms with Crippen LogP contribution in [0.1, 0.15) is 43.8 Å². The number of aryl methyl sites for hydroxylation is 2. The number of piperidine rings is 1. The Morgan fingerprint density at radius 2 is 2.10 bits per heavy atom. The van der Waals surface area contributed by atoms with Gasteiger partial charge in [-0.1, -0.05) is 13.8 Å².